The molecule has 1 N–H and O–H groups in total. The van der Waals surface area contributed by atoms with Crippen LogP contribution in [0.4, 0.5) is 13.2 Å². The molecule has 0 aromatic rings. The zero-order valence-corrected chi connectivity index (χ0v) is 10.4. The Labute approximate surface area is 96.8 Å². The highest BCUT2D eigenvalue weighted by Gasteiger charge is 2.26. The van der Waals surface area contributed by atoms with Gasteiger partial charge >= 0.3 is 6.18 Å². The Morgan fingerprint density at radius 2 is 1.62 bits per heavy atom. The molecular weight excluding hydrogens is 215 g/mol. The van der Waals surface area contributed by atoms with Crippen LogP contribution >= 0.6 is 0 Å². The van der Waals surface area contributed by atoms with Crippen molar-refractivity contribution < 1.29 is 13.2 Å². The van der Waals surface area contributed by atoms with Crippen molar-refractivity contribution in [3.63, 3.8) is 0 Å². The third-order valence-corrected chi connectivity index (χ3v) is 2.83. The highest BCUT2D eigenvalue weighted by atomic mass is 19.4. The average molecular weight is 239 g/mol. The normalized spacial score (nSPS) is 14.1. The third-order valence-electron chi connectivity index (χ3n) is 2.83. The van der Waals surface area contributed by atoms with Gasteiger partial charge in [-0.15, -0.1) is 0 Å². The van der Waals surface area contributed by atoms with Crippen LogP contribution in [0.25, 0.3) is 0 Å². The smallest absolute Gasteiger partial charge is 0.317 e. The van der Waals surface area contributed by atoms with Gasteiger partial charge in [0.15, 0.2) is 0 Å². The Morgan fingerprint density at radius 1 is 1.00 bits per heavy atom. The van der Waals surface area contributed by atoms with Crippen LogP contribution in [0.5, 0.6) is 0 Å². The summed E-state index contributed by atoms with van der Waals surface area (Å²) in [4.78, 5) is 0. The van der Waals surface area contributed by atoms with Gasteiger partial charge in [0.05, 0.1) is 0 Å². The van der Waals surface area contributed by atoms with Gasteiger partial charge in [0.2, 0.25) is 0 Å². The van der Waals surface area contributed by atoms with Crippen molar-refractivity contribution in [2.75, 3.05) is 7.05 Å². The quantitative estimate of drug-likeness (QED) is 0.592. The van der Waals surface area contributed by atoms with Crippen molar-refractivity contribution in [3.8, 4) is 0 Å². The molecule has 0 aromatic carbocycles. The van der Waals surface area contributed by atoms with Crippen molar-refractivity contribution in [1.29, 1.82) is 0 Å². The largest absolute Gasteiger partial charge is 0.389 e. The molecule has 0 aromatic heterocycles. The van der Waals surface area contributed by atoms with E-state index in [-0.39, 0.29) is 12.5 Å². The Kier molecular flexibility index (Phi) is 8.71. The van der Waals surface area contributed by atoms with Crippen molar-refractivity contribution in [2.24, 2.45) is 0 Å². The first-order valence-corrected chi connectivity index (χ1v) is 6.23. The van der Waals surface area contributed by atoms with Gasteiger partial charge in [-0.2, -0.15) is 13.2 Å². The minimum absolute atomic E-state index is 0.239. The second kappa shape index (κ2) is 8.85. The van der Waals surface area contributed by atoms with E-state index in [2.05, 4.69) is 12.2 Å². The first kappa shape index (κ1) is 15.8. The molecule has 1 nitrogen and oxygen atoms in total. The van der Waals surface area contributed by atoms with Gasteiger partial charge in [-0.1, -0.05) is 32.6 Å². The van der Waals surface area contributed by atoms with E-state index in [1.807, 2.05) is 7.05 Å². The maximum absolute atomic E-state index is 11.9. The summed E-state index contributed by atoms with van der Waals surface area (Å²) in [6.07, 6.45) is 1.93. The number of nitrogens with one attached hydrogen (secondary N) is 1. The molecule has 0 amide bonds. The molecule has 0 spiro atoms. The molecule has 16 heavy (non-hydrogen) atoms. The minimum atomic E-state index is -4.00. The second-order valence-corrected chi connectivity index (χ2v) is 4.34. The van der Waals surface area contributed by atoms with Crippen LogP contribution in [0.3, 0.4) is 0 Å². The van der Waals surface area contributed by atoms with E-state index in [9.17, 15) is 13.2 Å². The summed E-state index contributed by atoms with van der Waals surface area (Å²) in [7, 11) is 1.83. The second-order valence-electron chi connectivity index (χ2n) is 4.34. The predicted molar refractivity (Wildman–Crippen MR) is 61.5 cm³/mol. The topological polar surface area (TPSA) is 12.0 Å². The van der Waals surface area contributed by atoms with E-state index in [0.29, 0.717) is 6.42 Å². The summed E-state index contributed by atoms with van der Waals surface area (Å²) in [5.74, 6) is 0. The van der Waals surface area contributed by atoms with E-state index in [4.69, 9.17) is 0 Å². The summed E-state index contributed by atoms with van der Waals surface area (Å²) < 4.78 is 35.8. The lowest BCUT2D eigenvalue weighted by Gasteiger charge is -2.16. The third kappa shape index (κ3) is 10.3. The Morgan fingerprint density at radius 3 is 2.12 bits per heavy atom. The molecule has 0 saturated heterocycles. The molecule has 1 unspecified atom stereocenters. The molecule has 4 heteroatoms. The van der Waals surface area contributed by atoms with Crippen molar-refractivity contribution >= 4 is 0 Å². The van der Waals surface area contributed by atoms with Crippen molar-refractivity contribution in [1.82, 2.24) is 5.32 Å². The Bertz CT molecular complexity index is 157. The molecule has 0 bridgehead atoms. The van der Waals surface area contributed by atoms with Gasteiger partial charge in [-0.3, -0.25) is 0 Å². The molecule has 98 valence electrons. The Balaban J connectivity index is 3.51. The van der Waals surface area contributed by atoms with Gasteiger partial charge in [-0.05, 0) is 26.3 Å². The number of rotatable bonds is 9. The lowest BCUT2D eigenvalue weighted by atomic mass is 10.0. The van der Waals surface area contributed by atoms with E-state index >= 15 is 0 Å². The Hall–Kier alpha value is -0.250. The summed E-state index contributed by atoms with van der Waals surface area (Å²) in [5.41, 5.74) is 0. The first-order valence-electron chi connectivity index (χ1n) is 6.23. The first-order chi connectivity index (χ1) is 7.49. The molecule has 0 aliphatic rings. The van der Waals surface area contributed by atoms with Crippen LogP contribution < -0.4 is 5.32 Å². The van der Waals surface area contributed by atoms with Crippen molar-refractivity contribution in [3.05, 3.63) is 0 Å². The van der Waals surface area contributed by atoms with Crippen LogP contribution in [-0.2, 0) is 0 Å². The molecule has 1 atom stereocenters. The average Bonchev–Trinajstić information content (AvgIpc) is 2.20. The molecule has 0 saturated carbocycles. The highest BCUT2D eigenvalue weighted by molar-refractivity contribution is 4.66. The number of unbranched alkanes of at least 4 members (excludes halogenated alkanes) is 3. The maximum Gasteiger partial charge on any atom is 0.389 e. The van der Waals surface area contributed by atoms with Crippen molar-refractivity contribution in [2.45, 2.75) is 70.5 Å². The monoisotopic (exact) mass is 239 g/mol. The lowest BCUT2D eigenvalue weighted by Crippen LogP contribution is -2.25. The SMILES string of the molecule is CCCCCCC(CCCC(F)(F)F)NC. The fourth-order valence-electron chi connectivity index (χ4n) is 1.80. The minimum Gasteiger partial charge on any atom is -0.317 e. The fraction of sp³-hybridized carbons (Fsp3) is 1.00. The number of hydrogen-bond acceptors (Lipinski definition) is 1. The molecule has 0 radical (unpaired) electrons. The van der Waals surface area contributed by atoms with Gasteiger partial charge in [0, 0.05) is 12.5 Å². The number of halogens is 3. The van der Waals surface area contributed by atoms with Gasteiger partial charge < -0.3 is 5.32 Å². The molecular formula is C12H24F3N. The van der Waals surface area contributed by atoms with Gasteiger partial charge in [-0.25, -0.2) is 0 Å². The molecule has 0 rings (SSSR count). The molecule has 0 aliphatic heterocycles. The summed E-state index contributed by atoms with van der Waals surface area (Å²) in [6, 6.07) is 0.249. The maximum atomic E-state index is 11.9. The summed E-state index contributed by atoms with van der Waals surface area (Å²) in [6.45, 7) is 2.15. The standard InChI is InChI=1S/C12H24F3N/c1-3-4-5-6-8-11(16-2)9-7-10-12(13,14)15/h11,16H,3-10H2,1-2H3. The van der Waals surface area contributed by atoms with Crippen LogP contribution in [0.2, 0.25) is 0 Å². The van der Waals surface area contributed by atoms with Gasteiger partial charge in [0.25, 0.3) is 0 Å². The predicted octanol–water partition coefficient (Wildman–Crippen LogP) is 4.28. The van der Waals surface area contributed by atoms with Crippen LogP contribution in [-0.4, -0.2) is 19.3 Å². The number of alkyl halides is 3. The molecule has 0 heterocycles. The zero-order chi connectivity index (χ0) is 12.4. The summed E-state index contributed by atoms with van der Waals surface area (Å²) in [5, 5.41) is 3.10. The van der Waals surface area contributed by atoms with Crippen LogP contribution in [0.1, 0.15) is 58.3 Å². The van der Waals surface area contributed by atoms with E-state index in [1.54, 1.807) is 0 Å². The van der Waals surface area contributed by atoms with E-state index in [0.717, 1.165) is 12.8 Å². The lowest BCUT2D eigenvalue weighted by molar-refractivity contribution is -0.135. The highest BCUT2D eigenvalue weighted by Crippen LogP contribution is 2.23. The van der Waals surface area contributed by atoms with Crippen LogP contribution in [0.15, 0.2) is 0 Å². The fourth-order valence-corrected chi connectivity index (χ4v) is 1.80. The molecule has 0 fully saturated rings. The molecule has 0 aliphatic carbocycles. The van der Waals surface area contributed by atoms with E-state index < -0.39 is 12.6 Å². The zero-order valence-electron chi connectivity index (χ0n) is 10.4. The van der Waals surface area contributed by atoms with E-state index in [1.165, 1.54) is 19.3 Å². The van der Waals surface area contributed by atoms with Crippen LogP contribution in [0, 0.1) is 0 Å². The van der Waals surface area contributed by atoms with Gasteiger partial charge in [0.1, 0.15) is 0 Å². The number of hydrogen-bond donors (Lipinski definition) is 1. The summed E-state index contributed by atoms with van der Waals surface area (Å²) >= 11 is 0.